The van der Waals surface area contributed by atoms with E-state index in [1.807, 2.05) is 19.1 Å². The first-order valence-corrected chi connectivity index (χ1v) is 8.03. The lowest BCUT2D eigenvalue weighted by Gasteiger charge is -2.08. The lowest BCUT2D eigenvalue weighted by molar-refractivity contribution is -0.144. The molecule has 126 valence electrons. The number of anilines is 1. The van der Waals surface area contributed by atoms with Gasteiger partial charge in [-0.15, -0.1) is 11.8 Å². The number of thioether (sulfide) groups is 1. The molecule has 0 bridgehead atoms. The Kier molecular flexibility index (Phi) is 6.31. The van der Waals surface area contributed by atoms with E-state index in [1.165, 1.54) is 0 Å². The third-order valence-corrected chi connectivity index (χ3v) is 4.03. The van der Waals surface area contributed by atoms with E-state index >= 15 is 0 Å². The highest BCUT2D eigenvalue weighted by molar-refractivity contribution is 8.00. The molecule has 24 heavy (non-hydrogen) atoms. The van der Waals surface area contributed by atoms with Gasteiger partial charge in [-0.1, -0.05) is 18.2 Å². The van der Waals surface area contributed by atoms with Crippen LogP contribution >= 0.6 is 11.8 Å². The molecule has 0 aliphatic heterocycles. The molecule has 7 heteroatoms. The van der Waals surface area contributed by atoms with E-state index in [4.69, 9.17) is 4.74 Å². The second kappa shape index (κ2) is 8.44. The maximum Gasteiger partial charge on any atom is 0.316 e. The number of esters is 1. The van der Waals surface area contributed by atoms with Gasteiger partial charge < -0.3 is 10.1 Å². The quantitative estimate of drug-likeness (QED) is 0.639. The summed E-state index contributed by atoms with van der Waals surface area (Å²) in [5.41, 5.74) is 1.52. The van der Waals surface area contributed by atoms with Gasteiger partial charge >= 0.3 is 5.97 Å². The van der Waals surface area contributed by atoms with Gasteiger partial charge in [0.25, 0.3) is 5.91 Å². The normalized spacial score (nSPS) is 10.3. The van der Waals surface area contributed by atoms with Crippen LogP contribution in [0.5, 0.6) is 0 Å². The summed E-state index contributed by atoms with van der Waals surface area (Å²) in [6.07, 6.45) is 0. The second-order valence-corrected chi connectivity index (χ2v) is 5.90. The molecule has 0 aromatic heterocycles. The van der Waals surface area contributed by atoms with Crippen LogP contribution in [0.25, 0.3) is 0 Å². The van der Waals surface area contributed by atoms with Gasteiger partial charge in [0.05, 0.1) is 5.75 Å². The summed E-state index contributed by atoms with van der Waals surface area (Å²) in [5.74, 6) is -2.60. The number of carbonyl (C=O) groups excluding carboxylic acids is 2. The van der Waals surface area contributed by atoms with Gasteiger partial charge in [0.15, 0.2) is 6.61 Å². The number of aryl methyl sites for hydroxylation is 1. The minimum atomic E-state index is -0.691. The summed E-state index contributed by atoms with van der Waals surface area (Å²) in [6.45, 7) is 1.39. The van der Waals surface area contributed by atoms with Crippen molar-refractivity contribution in [2.75, 3.05) is 17.7 Å². The van der Waals surface area contributed by atoms with Crippen LogP contribution in [0.15, 0.2) is 47.4 Å². The molecule has 0 unspecified atom stereocenters. The number of halogens is 2. The Bertz CT molecular complexity index is 752. The number of hydrogen-bond acceptors (Lipinski definition) is 4. The van der Waals surface area contributed by atoms with E-state index in [0.717, 1.165) is 35.5 Å². The van der Waals surface area contributed by atoms with Crippen molar-refractivity contribution in [1.82, 2.24) is 0 Å². The lowest BCUT2D eigenvalue weighted by atomic mass is 10.2. The zero-order valence-electron chi connectivity index (χ0n) is 12.8. The van der Waals surface area contributed by atoms with E-state index in [-0.39, 0.29) is 10.6 Å². The largest absolute Gasteiger partial charge is 0.455 e. The number of carbonyl (C=O) groups is 2. The Balaban J connectivity index is 1.77. The zero-order valence-corrected chi connectivity index (χ0v) is 13.7. The van der Waals surface area contributed by atoms with E-state index in [0.29, 0.717) is 5.69 Å². The molecule has 4 nitrogen and oxygen atoms in total. The SMILES string of the molecule is Cc1ccccc1NC(=O)COC(=O)CSc1cc(F)ccc1F. The summed E-state index contributed by atoms with van der Waals surface area (Å²) in [6, 6.07) is 10.2. The first-order chi connectivity index (χ1) is 11.5. The number of ether oxygens (including phenoxy) is 1. The smallest absolute Gasteiger partial charge is 0.316 e. The molecule has 2 rings (SSSR count). The molecule has 0 atom stereocenters. The fourth-order valence-corrected chi connectivity index (χ4v) is 2.57. The Hall–Kier alpha value is -2.41. The van der Waals surface area contributed by atoms with Gasteiger partial charge in [0.2, 0.25) is 0 Å². The van der Waals surface area contributed by atoms with Gasteiger partial charge in [-0.2, -0.15) is 0 Å². The first kappa shape index (κ1) is 17.9. The van der Waals surface area contributed by atoms with Crippen LogP contribution in [0.3, 0.4) is 0 Å². The summed E-state index contributed by atoms with van der Waals surface area (Å²) in [4.78, 5) is 23.3. The average Bonchev–Trinajstić information content (AvgIpc) is 2.56. The minimum absolute atomic E-state index is 0.0105. The minimum Gasteiger partial charge on any atom is -0.455 e. The number of hydrogen-bond donors (Lipinski definition) is 1. The first-order valence-electron chi connectivity index (χ1n) is 7.04. The summed E-state index contributed by atoms with van der Waals surface area (Å²) < 4.78 is 31.2. The molecule has 0 heterocycles. The van der Waals surface area contributed by atoms with E-state index in [2.05, 4.69) is 5.32 Å². The van der Waals surface area contributed by atoms with Crippen molar-refractivity contribution < 1.29 is 23.1 Å². The van der Waals surface area contributed by atoms with Crippen LogP contribution in [-0.4, -0.2) is 24.2 Å². The number of nitrogens with one attached hydrogen (secondary N) is 1. The molecule has 2 aromatic carbocycles. The van der Waals surface area contributed by atoms with Crippen molar-refractivity contribution in [2.24, 2.45) is 0 Å². The molecular formula is C17H15F2NO3S. The monoisotopic (exact) mass is 351 g/mol. The van der Waals surface area contributed by atoms with Gasteiger partial charge in [-0.05, 0) is 36.8 Å². The fraction of sp³-hybridized carbons (Fsp3) is 0.176. The molecule has 0 saturated carbocycles. The average molecular weight is 351 g/mol. The van der Waals surface area contributed by atoms with Crippen molar-refractivity contribution in [3.63, 3.8) is 0 Å². The van der Waals surface area contributed by atoms with Crippen LogP contribution in [0.1, 0.15) is 5.56 Å². The maximum atomic E-state index is 13.4. The molecule has 0 spiro atoms. The topological polar surface area (TPSA) is 55.4 Å². The standard InChI is InChI=1S/C17H15F2NO3S/c1-11-4-2-3-5-14(11)20-16(21)9-23-17(22)10-24-15-8-12(18)6-7-13(15)19/h2-8H,9-10H2,1H3,(H,20,21). The highest BCUT2D eigenvalue weighted by atomic mass is 32.2. The highest BCUT2D eigenvalue weighted by Gasteiger charge is 2.11. The number of benzene rings is 2. The molecule has 0 aliphatic carbocycles. The highest BCUT2D eigenvalue weighted by Crippen LogP contribution is 2.22. The van der Waals surface area contributed by atoms with Crippen LogP contribution in [0.4, 0.5) is 14.5 Å². The van der Waals surface area contributed by atoms with Crippen molar-refractivity contribution >= 4 is 29.3 Å². The summed E-state index contributed by atoms with van der Waals surface area (Å²) >= 11 is 0.806. The van der Waals surface area contributed by atoms with Crippen molar-refractivity contribution in [3.8, 4) is 0 Å². The Labute approximate surface area is 142 Å². The molecule has 0 fully saturated rings. The van der Waals surface area contributed by atoms with Gasteiger partial charge in [0, 0.05) is 10.6 Å². The molecule has 0 radical (unpaired) electrons. The third-order valence-electron chi connectivity index (χ3n) is 3.02. The Morgan fingerprint density at radius 2 is 1.92 bits per heavy atom. The summed E-state index contributed by atoms with van der Waals surface area (Å²) in [7, 11) is 0. The Morgan fingerprint density at radius 1 is 1.17 bits per heavy atom. The van der Waals surface area contributed by atoms with Crippen LogP contribution in [0, 0.1) is 18.6 Å². The Morgan fingerprint density at radius 3 is 2.67 bits per heavy atom. The zero-order chi connectivity index (χ0) is 17.5. The predicted molar refractivity (Wildman–Crippen MR) is 87.8 cm³/mol. The van der Waals surface area contributed by atoms with Crippen molar-refractivity contribution in [2.45, 2.75) is 11.8 Å². The number of amides is 1. The van der Waals surface area contributed by atoms with Gasteiger partial charge in [0.1, 0.15) is 11.6 Å². The molecule has 0 aliphatic rings. The van der Waals surface area contributed by atoms with E-state index < -0.39 is 30.1 Å². The van der Waals surface area contributed by atoms with Crippen LogP contribution < -0.4 is 5.32 Å². The molecular weight excluding hydrogens is 336 g/mol. The maximum absolute atomic E-state index is 13.4. The third kappa shape index (κ3) is 5.34. The fourth-order valence-electron chi connectivity index (χ4n) is 1.81. The predicted octanol–water partition coefficient (Wildman–Crippen LogP) is 3.55. The van der Waals surface area contributed by atoms with Crippen molar-refractivity contribution in [1.29, 1.82) is 0 Å². The summed E-state index contributed by atoms with van der Waals surface area (Å²) in [5, 5.41) is 2.62. The van der Waals surface area contributed by atoms with Crippen LogP contribution in [-0.2, 0) is 14.3 Å². The number of para-hydroxylation sites is 1. The van der Waals surface area contributed by atoms with Crippen LogP contribution in [0.2, 0.25) is 0 Å². The molecule has 1 N–H and O–H groups in total. The molecule has 2 aromatic rings. The van der Waals surface area contributed by atoms with Crippen molar-refractivity contribution in [3.05, 3.63) is 59.7 Å². The lowest BCUT2D eigenvalue weighted by Crippen LogP contribution is -2.22. The van der Waals surface area contributed by atoms with E-state index in [9.17, 15) is 18.4 Å². The van der Waals surface area contributed by atoms with E-state index in [1.54, 1.807) is 12.1 Å². The molecule has 0 saturated heterocycles. The molecule has 1 amide bonds. The van der Waals surface area contributed by atoms with Gasteiger partial charge in [-0.25, -0.2) is 8.78 Å². The second-order valence-electron chi connectivity index (χ2n) is 4.89. The van der Waals surface area contributed by atoms with Gasteiger partial charge in [-0.3, -0.25) is 9.59 Å². The number of rotatable bonds is 6.